The lowest BCUT2D eigenvalue weighted by Gasteiger charge is -2.33. The molecule has 1 aliphatic rings. The summed E-state index contributed by atoms with van der Waals surface area (Å²) >= 11 is 1.45. The molecule has 0 radical (unpaired) electrons. The van der Waals surface area contributed by atoms with Crippen LogP contribution in [0.1, 0.15) is 63.5 Å². The molecular weight excluding hydrogens is 294 g/mol. The molecule has 0 aliphatic carbocycles. The van der Waals surface area contributed by atoms with Gasteiger partial charge in [0.05, 0.1) is 5.03 Å². The Morgan fingerprint density at radius 3 is 2.05 bits per heavy atom. The number of hydrogen-bond acceptors (Lipinski definition) is 3. The zero-order chi connectivity index (χ0) is 16.9. The number of carbonyl (C=O) groups excluding carboxylic acids is 1. The van der Waals surface area contributed by atoms with Gasteiger partial charge in [0.1, 0.15) is 11.0 Å². The van der Waals surface area contributed by atoms with Crippen LogP contribution in [0.2, 0.25) is 0 Å². The number of hydrogen-bond donors (Lipinski definition) is 2. The third-order valence-electron chi connectivity index (χ3n) is 3.76. The lowest BCUT2D eigenvalue weighted by Crippen LogP contribution is -2.26. The molecule has 0 bridgehead atoms. The Hall–Kier alpha value is -1.42. The van der Waals surface area contributed by atoms with Gasteiger partial charge >= 0.3 is 0 Å². The van der Waals surface area contributed by atoms with Gasteiger partial charge in [0.15, 0.2) is 0 Å². The first-order chi connectivity index (χ1) is 9.93. The molecular formula is C18H25NO2S. The summed E-state index contributed by atoms with van der Waals surface area (Å²) in [6.07, 6.45) is 0. The van der Waals surface area contributed by atoms with E-state index < -0.39 is 0 Å². The van der Waals surface area contributed by atoms with Crippen LogP contribution in [0.5, 0.6) is 5.75 Å². The summed E-state index contributed by atoms with van der Waals surface area (Å²) in [5.41, 5.74) is 2.56. The van der Waals surface area contributed by atoms with Crippen molar-refractivity contribution in [2.75, 3.05) is 0 Å². The number of amides is 1. The number of rotatable bonds is 1. The van der Waals surface area contributed by atoms with Crippen molar-refractivity contribution < 1.29 is 9.90 Å². The van der Waals surface area contributed by atoms with Crippen molar-refractivity contribution in [2.24, 2.45) is 0 Å². The van der Waals surface area contributed by atoms with Crippen LogP contribution in [-0.4, -0.2) is 11.0 Å². The van der Waals surface area contributed by atoms with Gasteiger partial charge in [-0.2, -0.15) is 0 Å². The molecule has 1 aromatic carbocycles. The first-order valence-electron chi connectivity index (χ1n) is 7.46. The van der Waals surface area contributed by atoms with Gasteiger partial charge in [-0.3, -0.25) is 4.79 Å². The number of phenols is 1. The van der Waals surface area contributed by atoms with E-state index in [1.807, 2.05) is 6.07 Å². The van der Waals surface area contributed by atoms with Crippen LogP contribution in [0, 0.1) is 0 Å². The molecule has 0 aromatic heterocycles. The summed E-state index contributed by atoms with van der Waals surface area (Å²) in [6, 6.07) is 3.58. The van der Waals surface area contributed by atoms with Crippen LogP contribution in [0.15, 0.2) is 23.7 Å². The quantitative estimate of drug-likeness (QED) is 0.808. The van der Waals surface area contributed by atoms with Crippen molar-refractivity contribution in [1.29, 1.82) is 0 Å². The molecule has 1 heterocycles. The van der Waals surface area contributed by atoms with Gasteiger partial charge < -0.3 is 10.4 Å². The third kappa shape index (κ3) is 3.02. The minimum Gasteiger partial charge on any atom is -0.508 e. The highest BCUT2D eigenvalue weighted by Gasteiger charge is 2.37. The number of thioether (sulfide) groups is 1. The van der Waals surface area contributed by atoms with Gasteiger partial charge in [-0.05, 0) is 28.0 Å². The highest BCUT2D eigenvalue weighted by molar-refractivity contribution is 8.04. The standard InChI is InChI=1S/C18H25NO2S/c1-10-19-16(21)15(22-10)11-8-9-12(20)14(18(5,6)7)13(11)17(2,3)4/h8-9,15,20H,1H2,2-7H3,(H,19,21). The van der Waals surface area contributed by atoms with Gasteiger partial charge in [0, 0.05) is 5.56 Å². The number of carbonyl (C=O) groups is 1. The normalized spacial score (nSPS) is 19.5. The van der Waals surface area contributed by atoms with E-state index in [9.17, 15) is 9.90 Å². The van der Waals surface area contributed by atoms with Gasteiger partial charge in [0.2, 0.25) is 5.91 Å². The molecule has 3 nitrogen and oxygen atoms in total. The Kier molecular flexibility index (Phi) is 4.11. The first kappa shape index (κ1) is 16.9. The molecule has 120 valence electrons. The average molecular weight is 319 g/mol. The summed E-state index contributed by atoms with van der Waals surface area (Å²) in [5, 5.41) is 13.6. The van der Waals surface area contributed by atoms with Crippen LogP contribution in [0.3, 0.4) is 0 Å². The van der Waals surface area contributed by atoms with Crippen LogP contribution >= 0.6 is 11.8 Å². The van der Waals surface area contributed by atoms with Gasteiger partial charge in [0.25, 0.3) is 0 Å². The van der Waals surface area contributed by atoms with E-state index in [-0.39, 0.29) is 22.0 Å². The summed E-state index contributed by atoms with van der Waals surface area (Å²) < 4.78 is 0. The minimum absolute atomic E-state index is 0.0361. The van der Waals surface area contributed by atoms with Crippen LogP contribution in [0.4, 0.5) is 0 Å². The molecule has 0 spiro atoms. The van der Waals surface area contributed by atoms with E-state index in [1.165, 1.54) is 11.8 Å². The zero-order valence-corrected chi connectivity index (χ0v) is 15.0. The molecule has 1 amide bonds. The molecule has 1 saturated heterocycles. The Morgan fingerprint density at radius 1 is 1.09 bits per heavy atom. The van der Waals surface area contributed by atoms with E-state index in [1.54, 1.807) is 6.07 Å². The highest BCUT2D eigenvalue weighted by atomic mass is 32.2. The number of benzene rings is 1. The fourth-order valence-corrected chi connectivity index (χ4v) is 3.96. The second kappa shape index (κ2) is 5.34. The molecule has 1 aliphatic heterocycles. The van der Waals surface area contributed by atoms with Gasteiger partial charge in [-0.15, -0.1) is 0 Å². The maximum absolute atomic E-state index is 12.3. The van der Waals surface area contributed by atoms with Crippen molar-refractivity contribution in [3.05, 3.63) is 40.4 Å². The Bertz CT molecular complexity index is 636. The fraction of sp³-hybridized carbons (Fsp3) is 0.500. The average Bonchev–Trinajstić information content (AvgIpc) is 2.65. The van der Waals surface area contributed by atoms with E-state index in [0.29, 0.717) is 10.8 Å². The van der Waals surface area contributed by atoms with Crippen LogP contribution in [-0.2, 0) is 15.6 Å². The Balaban J connectivity index is 2.76. The molecule has 2 rings (SSSR count). The zero-order valence-electron chi connectivity index (χ0n) is 14.2. The van der Waals surface area contributed by atoms with Crippen molar-refractivity contribution >= 4 is 17.7 Å². The van der Waals surface area contributed by atoms with E-state index >= 15 is 0 Å². The maximum Gasteiger partial charge on any atom is 0.242 e. The lowest BCUT2D eigenvalue weighted by molar-refractivity contribution is -0.119. The molecule has 2 N–H and O–H groups in total. The first-order valence-corrected chi connectivity index (χ1v) is 8.34. The summed E-state index contributed by atoms with van der Waals surface area (Å²) in [6.45, 7) is 16.5. The second-order valence-electron chi connectivity index (χ2n) is 7.83. The molecule has 0 saturated carbocycles. The smallest absolute Gasteiger partial charge is 0.242 e. The number of aromatic hydroxyl groups is 1. The van der Waals surface area contributed by atoms with Gasteiger partial charge in [-0.1, -0.05) is 65.9 Å². The predicted molar refractivity (Wildman–Crippen MR) is 93.1 cm³/mol. The molecule has 1 aromatic rings. The van der Waals surface area contributed by atoms with Crippen LogP contribution < -0.4 is 5.32 Å². The number of nitrogens with one attached hydrogen (secondary N) is 1. The Labute approximate surface area is 137 Å². The predicted octanol–water partition coefficient (Wildman–Crippen LogP) is 4.36. The van der Waals surface area contributed by atoms with Crippen molar-refractivity contribution in [3.8, 4) is 5.75 Å². The fourth-order valence-electron chi connectivity index (χ4n) is 3.03. The highest BCUT2D eigenvalue weighted by Crippen LogP contribution is 2.47. The summed E-state index contributed by atoms with van der Waals surface area (Å²) in [4.78, 5) is 12.3. The van der Waals surface area contributed by atoms with E-state index in [0.717, 1.165) is 16.7 Å². The third-order valence-corrected chi connectivity index (χ3v) is 4.85. The molecule has 1 fully saturated rings. The molecule has 22 heavy (non-hydrogen) atoms. The molecule has 1 unspecified atom stereocenters. The SMILES string of the molecule is C=C1NC(=O)C(c2ccc(O)c(C(C)(C)C)c2C(C)(C)C)S1. The number of phenolic OH excluding ortho intramolecular Hbond substituents is 1. The van der Waals surface area contributed by atoms with Crippen LogP contribution in [0.25, 0.3) is 0 Å². The maximum atomic E-state index is 12.3. The monoisotopic (exact) mass is 319 g/mol. The Morgan fingerprint density at radius 2 is 1.64 bits per heavy atom. The summed E-state index contributed by atoms with van der Waals surface area (Å²) in [7, 11) is 0. The largest absolute Gasteiger partial charge is 0.508 e. The molecule has 4 heteroatoms. The topological polar surface area (TPSA) is 49.3 Å². The minimum atomic E-state index is -0.302. The summed E-state index contributed by atoms with van der Waals surface area (Å²) in [5.74, 6) is 0.259. The van der Waals surface area contributed by atoms with E-state index in [4.69, 9.17) is 0 Å². The van der Waals surface area contributed by atoms with Crippen molar-refractivity contribution in [3.63, 3.8) is 0 Å². The lowest BCUT2D eigenvalue weighted by atomic mass is 9.72. The molecule has 1 atom stereocenters. The van der Waals surface area contributed by atoms with Crippen molar-refractivity contribution in [2.45, 2.75) is 57.6 Å². The van der Waals surface area contributed by atoms with Crippen molar-refractivity contribution in [1.82, 2.24) is 5.32 Å². The van der Waals surface area contributed by atoms with E-state index in [2.05, 4.69) is 53.4 Å². The second-order valence-corrected chi connectivity index (χ2v) is 9.03. The van der Waals surface area contributed by atoms with Gasteiger partial charge in [-0.25, -0.2) is 0 Å².